The van der Waals surface area contributed by atoms with Gasteiger partial charge in [0, 0.05) is 10.9 Å². The molecule has 1 fully saturated rings. The highest BCUT2D eigenvalue weighted by Crippen LogP contribution is 2.54. The third kappa shape index (κ3) is 3.59. The Hall–Kier alpha value is -0.610. The van der Waals surface area contributed by atoms with Crippen LogP contribution in [0.4, 0.5) is 8.78 Å². The van der Waals surface area contributed by atoms with Crippen molar-refractivity contribution in [3.8, 4) is 0 Å². The molecule has 0 spiro atoms. The van der Waals surface area contributed by atoms with Crippen LogP contribution < -0.4 is 5.32 Å². The van der Waals surface area contributed by atoms with Crippen molar-refractivity contribution in [2.45, 2.75) is 56.9 Å². The molecule has 0 aromatic heterocycles. The minimum absolute atomic E-state index is 0.127. The average molecular weight is 313 g/mol. The van der Waals surface area contributed by atoms with E-state index in [4.69, 9.17) is 0 Å². The van der Waals surface area contributed by atoms with Gasteiger partial charge in [-0.1, -0.05) is 32.9 Å². The molecule has 0 saturated heterocycles. The summed E-state index contributed by atoms with van der Waals surface area (Å²) in [5, 5.41) is 3.58. The van der Waals surface area contributed by atoms with Crippen molar-refractivity contribution in [1.82, 2.24) is 5.32 Å². The maximum atomic E-state index is 12.2. The second-order valence-electron chi connectivity index (χ2n) is 6.03. The molecule has 0 aliphatic heterocycles. The van der Waals surface area contributed by atoms with E-state index in [1.54, 1.807) is 0 Å². The Morgan fingerprint density at radius 2 is 1.95 bits per heavy atom. The summed E-state index contributed by atoms with van der Waals surface area (Å²) in [4.78, 5) is 0.930. The fraction of sp³-hybridized carbons (Fsp3) is 0.647. The minimum atomic E-state index is -2.24. The van der Waals surface area contributed by atoms with Crippen LogP contribution in [0.1, 0.15) is 45.1 Å². The van der Waals surface area contributed by atoms with Crippen molar-refractivity contribution >= 4 is 11.8 Å². The first-order chi connectivity index (χ1) is 10.0. The molecule has 4 heteroatoms. The highest BCUT2D eigenvalue weighted by atomic mass is 32.2. The van der Waals surface area contributed by atoms with E-state index in [2.05, 4.69) is 38.2 Å². The summed E-state index contributed by atoms with van der Waals surface area (Å²) in [6, 6.07) is 8.80. The van der Waals surface area contributed by atoms with Crippen LogP contribution in [-0.4, -0.2) is 24.8 Å². The van der Waals surface area contributed by atoms with Crippen molar-refractivity contribution in [2.75, 3.05) is 12.3 Å². The number of hydrogen-bond donors (Lipinski definition) is 1. The van der Waals surface area contributed by atoms with Crippen molar-refractivity contribution in [1.29, 1.82) is 0 Å². The number of alkyl halides is 2. The summed E-state index contributed by atoms with van der Waals surface area (Å²) >= 11 is 1.23. The van der Waals surface area contributed by atoms with Gasteiger partial charge in [-0.3, -0.25) is 0 Å². The average Bonchev–Trinajstić information content (AvgIpc) is 2.49. The monoisotopic (exact) mass is 313 g/mol. The number of nitrogens with one attached hydrogen (secondary N) is 1. The van der Waals surface area contributed by atoms with Crippen LogP contribution in [0.25, 0.3) is 0 Å². The highest BCUT2D eigenvalue weighted by Gasteiger charge is 2.50. The summed E-state index contributed by atoms with van der Waals surface area (Å²) < 4.78 is 24.5. The fourth-order valence-electron chi connectivity index (χ4n) is 3.38. The Kier molecular flexibility index (Phi) is 5.67. The summed E-state index contributed by atoms with van der Waals surface area (Å²) in [5.74, 6) is 0.443. The van der Waals surface area contributed by atoms with Crippen LogP contribution in [0, 0.1) is 5.41 Å². The van der Waals surface area contributed by atoms with Crippen LogP contribution in [-0.2, 0) is 0 Å². The summed E-state index contributed by atoms with van der Waals surface area (Å²) in [7, 11) is 0. The van der Waals surface area contributed by atoms with Gasteiger partial charge in [0.1, 0.15) is 0 Å². The van der Waals surface area contributed by atoms with Crippen molar-refractivity contribution < 1.29 is 8.78 Å². The van der Waals surface area contributed by atoms with Gasteiger partial charge in [0.2, 0.25) is 6.43 Å². The zero-order valence-electron chi connectivity index (χ0n) is 13.0. The van der Waals surface area contributed by atoms with Gasteiger partial charge in [-0.05, 0) is 48.4 Å². The molecule has 0 bridgehead atoms. The maximum Gasteiger partial charge on any atom is 0.247 e. The zero-order chi connectivity index (χ0) is 15.5. The van der Waals surface area contributed by atoms with E-state index in [0.717, 1.165) is 17.9 Å². The lowest BCUT2D eigenvalue weighted by atomic mass is 9.54. The van der Waals surface area contributed by atoms with E-state index in [9.17, 15) is 8.78 Å². The predicted molar refractivity (Wildman–Crippen MR) is 86.4 cm³/mol. The SMILES string of the molecule is CCNC1CC(c2ccc(SCC(F)F)cc2)C1(C)CC. The zero-order valence-corrected chi connectivity index (χ0v) is 13.9. The molecule has 1 aliphatic carbocycles. The first kappa shape index (κ1) is 16.8. The highest BCUT2D eigenvalue weighted by molar-refractivity contribution is 7.99. The van der Waals surface area contributed by atoms with Gasteiger partial charge in [-0.25, -0.2) is 8.78 Å². The van der Waals surface area contributed by atoms with Crippen LogP contribution in [0.5, 0.6) is 0 Å². The maximum absolute atomic E-state index is 12.2. The molecule has 1 aromatic rings. The standard InChI is InChI=1S/C17H25F2NS/c1-4-17(3)14(10-15(17)20-5-2)12-6-8-13(9-7-12)21-11-16(18)19/h6-9,14-16,20H,4-5,10-11H2,1-3H3. The van der Waals surface area contributed by atoms with Crippen LogP contribution in [0.15, 0.2) is 29.2 Å². The van der Waals surface area contributed by atoms with Gasteiger partial charge >= 0.3 is 0 Å². The topological polar surface area (TPSA) is 12.0 Å². The molecule has 0 radical (unpaired) electrons. The van der Waals surface area contributed by atoms with E-state index in [1.807, 2.05) is 12.1 Å². The Bertz CT molecular complexity index is 449. The van der Waals surface area contributed by atoms with E-state index in [-0.39, 0.29) is 5.75 Å². The molecule has 1 aliphatic rings. The summed E-state index contributed by atoms with van der Waals surface area (Å²) in [6.07, 6.45) is 0.0735. The molecular weight excluding hydrogens is 288 g/mol. The molecule has 1 saturated carbocycles. The fourth-order valence-corrected chi connectivity index (χ4v) is 4.03. The minimum Gasteiger partial charge on any atom is -0.314 e. The lowest BCUT2D eigenvalue weighted by Gasteiger charge is -2.55. The molecular formula is C17H25F2NS. The molecule has 118 valence electrons. The van der Waals surface area contributed by atoms with Gasteiger partial charge in [0.25, 0.3) is 0 Å². The second kappa shape index (κ2) is 7.10. The molecule has 2 rings (SSSR count). The van der Waals surface area contributed by atoms with E-state index >= 15 is 0 Å². The number of benzene rings is 1. The van der Waals surface area contributed by atoms with Gasteiger partial charge < -0.3 is 5.32 Å². The van der Waals surface area contributed by atoms with Crippen LogP contribution >= 0.6 is 11.8 Å². The molecule has 3 atom stereocenters. The van der Waals surface area contributed by atoms with Crippen molar-refractivity contribution in [2.24, 2.45) is 5.41 Å². The van der Waals surface area contributed by atoms with Gasteiger partial charge in [-0.2, -0.15) is 0 Å². The second-order valence-corrected chi connectivity index (χ2v) is 7.12. The Morgan fingerprint density at radius 3 is 2.48 bits per heavy atom. The molecule has 0 amide bonds. The van der Waals surface area contributed by atoms with Crippen molar-refractivity contribution in [3.63, 3.8) is 0 Å². The van der Waals surface area contributed by atoms with Crippen LogP contribution in [0.3, 0.4) is 0 Å². The Morgan fingerprint density at radius 1 is 1.29 bits per heavy atom. The molecule has 1 aromatic carbocycles. The quantitative estimate of drug-likeness (QED) is 0.717. The molecule has 21 heavy (non-hydrogen) atoms. The molecule has 1 N–H and O–H groups in total. The number of halogens is 2. The largest absolute Gasteiger partial charge is 0.314 e. The molecule has 3 unspecified atom stereocenters. The van der Waals surface area contributed by atoms with Gasteiger partial charge in [-0.15, -0.1) is 11.8 Å². The third-order valence-corrected chi connectivity index (χ3v) is 5.96. The Balaban J connectivity index is 2.02. The number of rotatable bonds is 7. The number of thioether (sulfide) groups is 1. The molecule has 0 heterocycles. The lowest BCUT2D eigenvalue weighted by Crippen LogP contribution is -2.56. The number of hydrogen-bond acceptors (Lipinski definition) is 2. The Labute approximate surface area is 130 Å². The first-order valence-electron chi connectivity index (χ1n) is 7.75. The first-order valence-corrected chi connectivity index (χ1v) is 8.74. The summed E-state index contributed by atoms with van der Waals surface area (Å²) in [6.45, 7) is 7.77. The predicted octanol–water partition coefficient (Wildman–Crippen LogP) is 4.93. The smallest absolute Gasteiger partial charge is 0.247 e. The van der Waals surface area contributed by atoms with E-state index in [0.29, 0.717) is 17.4 Å². The molecule has 1 nitrogen and oxygen atoms in total. The van der Waals surface area contributed by atoms with E-state index < -0.39 is 6.43 Å². The van der Waals surface area contributed by atoms with Gasteiger partial charge in [0.15, 0.2) is 0 Å². The normalized spacial score (nSPS) is 28.7. The van der Waals surface area contributed by atoms with Gasteiger partial charge in [0.05, 0.1) is 5.75 Å². The van der Waals surface area contributed by atoms with Crippen LogP contribution in [0.2, 0.25) is 0 Å². The van der Waals surface area contributed by atoms with Crippen molar-refractivity contribution in [3.05, 3.63) is 29.8 Å². The lowest BCUT2D eigenvalue weighted by molar-refractivity contribution is 0.0455. The van der Waals surface area contributed by atoms with E-state index in [1.165, 1.54) is 23.7 Å². The summed E-state index contributed by atoms with van der Waals surface area (Å²) in [5.41, 5.74) is 1.64. The third-order valence-electron chi connectivity index (χ3n) is 4.93.